The van der Waals surface area contributed by atoms with Gasteiger partial charge in [0.05, 0.1) is 7.11 Å². The number of ether oxygens (including phenoxy) is 1. The number of benzene rings is 1. The molecule has 1 aromatic rings. The molecule has 1 N–H and O–H groups in total. The Bertz CT molecular complexity index is 386. The van der Waals surface area contributed by atoms with Gasteiger partial charge in [0, 0.05) is 31.2 Å². The van der Waals surface area contributed by atoms with E-state index in [1.165, 1.54) is 5.56 Å². The molecule has 1 fully saturated rings. The van der Waals surface area contributed by atoms with E-state index in [-0.39, 0.29) is 5.54 Å². The van der Waals surface area contributed by atoms with E-state index in [4.69, 9.17) is 4.74 Å². The third kappa shape index (κ3) is 2.68. The van der Waals surface area contributed by atoms with Crippen molar-refractivity contribution in [3.63, 3.8) is 0 Å². The van der Waals surface area contributed by atoms with Crippen LogP contribution in [0.1, 0.15) is 32.4 Å². The zero-order valence-electron chi connectivity index (χ0n) is 11.9. The molecule has 0 saturated carbocycles. The maximum atomic E-state index is 5.21. The second-order valence-corrected chi connectivity index (χ2v) is 5.63. The van der Waals surface area contributed by atoms with Crippen LogP contribution in [0.5, 0.6) is 5.75 Å². The first kappa shape index (κ1) is 13.4. The lowest BCUT2D eigenvalue weighted by atomic mass is 9.95. The number of hydrogen-bond donors (Lipinski definition) is 1. The van der Waals surface area contributed by atoms with E-state index in [1.807, 2.05) is 12.1 Å². The highest BCUT2D eigenvalue weighted by molar-refractivity contribution is 5.29. The van der Waals surface area contributed by atoms with Crippen LogP contribution < -0.4 is 10.1 Å². The fourth-order valence-corrected chi connectivity index (χ4v) is 2.78. The SMILES string of the molecule is COc1ccc(C(C)N2CCNCC2(C)C)cc1. The maximum Gasteiger partial charge on any atom is 0.118 e. The fraction of sp³-hybridized carbons (Fsp3) is 0.600. The molecule has 1 aliphatic heterocycles. The molecular formula is C15H24N2O. The van der Waals surface area contributed by atoms with Gasteiger partial charge in [-0.25, -0.2) is 0 Å². The summed E-state index contributed by atoms with van der Waals surface area (Å²) in [5.74, 6) is 0.922. The summed E-state index contributed by atoms with van der Waals surface area (Å²) in [6, 6.07) is 8.86. The first-order valence-electron chi connectivity index (χ1n) is 6.66. The van der Waals surface area contributed by atoms with Crippen LogP contribution in [0.15, 0.2) is 24.3 Å². The summed E-state index contributed by atoms with van der Waals surface area (Å²) >= 11 is 0. The van der Waals surface area contributed by atoms with Crippen LogP contribution in [0.4, 0.5) is 0 Å². The van der Waals surface area contributed by atoms with Crippen molar-refractivity contribution >= 4 is 0 Å². The Morgan fingerprint density at radius 3 is 2.50 bits per heavy atom. The van der Waals surface area contributed by atoms with Gasteiger partial charge in [0.15, 0.2) is 0 Å². The summed E-state index contributed by atoms with van der Waals surface area (Å²) < 4.78 is 5.21. The van der Waals surface area contributed by atoms with Crippen molar-refractivity contribution in [2.24, 2.45) is 0 Å². The summed E-state index contributed by atoms with van der Waals surface area (Å²) in [5, 5.41) is 3.47. The van der Waals surface area contributed by atoms with Gasteiger partial charge in [-0.3, -0.25) is 4.90 Å². The molecule has 1 heterocycles. The predicted molar refractivity (Wildman–Crippen MR) is 75.1 cm³/mol. The second kappa shape index (κ2) is 5.29. The molecule has 0 spiro atoms. The lowest BCUT2D eigenvalue weighted by Crippen LogP contribution is -2.58. The summed E-state index contributed by atoms with van der Waals surface area (Å²) in [6.07, 6.45) is 0. The van der Waals surface area contributed by atoms with E-state index in [1.54, 1.807) is 7.11 Å². The summed E-state index contributed by atoms with van der Waals surface area (Å²) in [4.78, 5) is 2.57. The minimum Gasteiger partial charge on any atom is -0.497 e. The average molecular weight is 248 g/mol. The van der Waals surface area contributed by atoms with Crippen LogP contribution in [-0.2, 0) is 0 Å². The molecular weight excluding hydrogens is 224 g/mol. The Labute approximate surface area is 110 Å². The van der Waals surface area contributed by atoms with Crippen LogP contribution in [0.25, 0.3) is 0 Å². The number of hydrogen-bond acceptors (Lipinski definition) is 3. The Hall–Kier alpha value is -1.06. The van der Waals surface area contributed by atoms with E-state index < -0.39 is 0 Å². The molecule has 1 atom stereocenters. The molecule has 3 heteroatoms. The van der Waals surface area contributed by atoms with Crippen LogP contribution >= 0.6 is 0 Å². The van der Waals surface area contributed by atoms with E-state index in [2.05, 4.69) is 43.1 Å². The lowest BCUT2D eigenvalue weighted by molar-refractivity contribution is 0.0516. The predicted octanol–water partition coefficient (Wildman–Crippen LogP) is 2.44. The van der Waals surface area contributed by atoms with Crippen LogP contribution in [-0.4, -0.2) is 37.2 Å². The average Bonchev–Trinajstić information content (AvgIpc) is 2.37. The Kier molecular flexibility index (Phi) is 3.93. The summed E-state index contributed by atoms with van der Waals surface area (Å²) in [6.45, 7) is 10.1. The number of piperazine rings is 1. The topological polar surface area (TPSA) is 24.5 Å². The molecule has 0 aliphatic carbocycles. The molecule has 0 amide bonds. The Balaban J connectivity index is 2.16. The standard InChI is InChI=1S/C15H24N2O/c1-12(13-5-7-14(18-4)8-6-13)17-10-9-16-11-15(17,2)3/h5-8,12,16H,9-11H2,1-4H3. The molecule has 18 heavy (non-hydrogen) atoms. The zero-order chi connectivity index (χ0) is 13.2. The Morgan fingerprint density at radius 1 is 1.28 bits per heavy atom. The van der Waals surface area contributed by atoms with Gasteiger partial charge in [0.1, 0.15) is 5.75 Å². The monoisotopic (exact) mass is 248 g/mol. The van der Waals surface area contributed by atoms with Crippen molar-refractivity contribution in [1.82, 2.24) is 10.2 Å². The molecule has 0 aromatic heterocycles. The summed E-state index contributed by atoms with van der Waals surface area (Å²) in [5.41, 5.74) is 1.56. The van der Waals surface area contributed by atoms with Crippen LogP contribution in [0.2, 0.25) is 0 Å². The molecule has 2 rings (SSSR count). The van der Waals surface area contributed by atoms with Gasteiger partial charge in [-0.15, -0.1) is 0 Å². The molecule has 3 nitrogen and oxygen atoms in total. The van der Waals surface area contributed by atoms with Gasteiger partial charge in [0.25, 0.3) is 0 Å². The largest absolute Gasteiger partial charge is 0.497 e. The number of nitrogens with zero attached hydrogens (tertiary/aromatic N) is 1. The smallest absolute Gasteiger partial charge is 0.118 e. The fourth-order valence-electron chi connectivity index (χ4n) is 2.78. The third-order valence-electron chi connectivity index (χ3n) is 3.93. The minimum absolute atomic E-state index is 0.206. The number of rotatable bonds is 3. The molecule has 1 aromatic carbocycles. The molecule has 0 bridgehead atoms. The number of nitrogens with one attached hydrogen (secondary N) is 1. The van der Waals surface area contributed by atoms with Gasteiger partial charge in [-0.2, -0.15) is 0 Å². The Morgan fingerprint density at radius 2 is 1.94 bits per heavy atom. The van der Waals surface area contributed by atoms with Crippen LogP contribution in [0.3, 0.4) is 0 Å². The molecule has 1 unspecified atom stereocenters. The van der Waals surface area contributed by atoms with E-state index >= 15 is 0 Å². The van der Waals surface area contributed by atoms with Crippen molar-refractivity contribution < 1.29 is 4.74 Å². The van der Waals surface area contributed by atoms with Gasteiger partial charge in [-0.1, -0.05) is 12.1 Å². The van der Waals surface area contributed by atoms with Crippen molar-refractivity contribution in [1.29, 1.82) is 0 Å². The van der Waals surface area contributed by atoms with Crippen molar-refractivity contribution in [3.05, 3.63) is 29.8 Å². The van der Waals surface area contributed by atoms with E-state index in [0.29, 0.717) is 6.04 Å². The van der Waals surface area contributed by atoms with E-state index in [0.717, 1.165) is 25.4 Å². The van der Waals surface area contributed by atoms with Gasteiger partial charge in [-0.05, 0) is 38.5 Å². The first-order valence-corrected chi connectivity index (χ1v) is 6.66. The normalized spacial score (nSPS) is 21.6. The summed E-state index contributed by atoms with van der Waals surface area (Å²) in [7, 11) is 1.71. The second-order valence-electron chi connectivity index (χ2n) is 5.63. The van der Waals surface area contributed by atoms with E-state index in [9.17, 15) is 0 Å². The van der Waals surface area contributed by atoms with Gasteiger partial charge < -0.3 is 10.1 Å². The highest BCUT2D eigenvalue weighted by atomic mass is 16.5. The van der Waals surface area contributed by atoms with Crippen LogP contribution in [0, 0.1) is 0 Å². The van der Waals surface area contributed by atoms with Gasteiger partial charge in [0.2, 0.25) is 0 Å². The third-order valence-corrected chi connectivity index (χ3v) is 3.93. The molecule has 1 saturated heterocycles. The lowest BCUT2D eigenvalue weighted by Gasteiger charge is -2.46. The first-order chi connectivity index (χ1) is 8.54. The van der Waals surface area contributed by atoms with Crippen molar-refractivity contribution in [2.75, 3.05) is 26.7 Å². The highest BCUT2D eigenvalue weighted by Crippen LogP contribution is 2.29. The minimum atomic E-state index is 0.206. The van der Waals surface area contributed by atoms with Crippen molar-refractivity contribution in [3.8, 4) is 5.75 Å². The maximum absolute atomic E-state index is 5.21. The number of methoxy groups -OCH3 is 1. The van der Waals surface area contributed by atoms with Gasteiger partial charge >= 0.3 is 0 Å². The highest BCUT2D eigenvalue weighted by Gasteiger charge is 2.33. The quantitative estimate of drug-likeness (QED) is 0.889. The molecule has 100 valence electrons. The zero-order valence-corrected chi connectivity index (χ0v) is 11.9. The van der Waals surface area contributed by atoms with Crippen molar-refractivity contribution in [2.45, 2.75) is 32.4 Å². The molecule has 1 aliphatic rings. The molecule has 0 radical (unpaired) electrons.